The highest BCUT2D eigenvalue weighted by Crippen LogP contribution is 2.28. The largest absolute Gasteiger partial charge is 0.494 e. The van der Waals surface area contributed by atoms with Gasteiger partial charge in [-0.1, -0.05) is 6.07 Å². The lowest BCUT2D eigenvalue weighted by molar-refractivity contribution is 0.386. The van der Waals surface area contributed by atoms with E-state index in [2.05, 4.69) is 25.4 Å². The Morgan fingerprint density at radius 3 is 2.64 bits per heavy atom. The normalized spacial score (nSPS) is 12.1. The van der Waals surface area contributed by atoms with E-state index in [9.17, 15) is 4.39 Å². The van der Waals surface area contributed by atoms with E-state index in [1.807, 2.05) is 32.2 Å². The van der Waals surface area contributed by atoms with Crippen LogP contribution in [0.25, 0.3) is 22.4 Å². The molecular formula is C20H19FN6O. The number of anilines is 1. The van der Waals surface area contributed by atoms with Gasteiger partial charge in [0.1, 0.15) is 5.82 Å². The van der Waals surface area contributed by atoms with E-state index in [-0.39, 0.29) is 11.8 Å². The molecule has 0 amide bonds. The lowest BCUT2D eigenvalue weighted by atomic mass is 10.1. The third kappa shape index (κ3) is 3.24. The van der Waals surface area contributed by atoms with Crippen molar-refractivity contribution in [3.05, 3.63) is 60.3 Å². The second-order valence-corrected chi connectivity index (χ2v) is 6.40. The molecule has 0 radical (unpaired) electrons. The van der Waals surface area contributed by atoms with Crippen LogP contribution in [0.3, 0.4) is 0 Å². The highest BCUT2D eigenvalue weighted by molar-refractivity contribution is 5.88. The fourth-order valence-electron chi connectivity index (χ4n) is 3.00. The summed E-state index contributed by atoms with van der Waals surface area (Å²) in [6.07, 6.45) is 5.11. The Kier molecular flexibility index (Phi) is 4.60. The van der Waals surface area contributed by atoms with Crippen LogP contribution in [0.15, 0.2) is 48.9 Å². The quantitative estimate of drug-likeness (QED) is 0.570. The van der Waals surface area contributed by atoms with Crippen LogP contribution in [-0.2, 0) is 7.05 Å². The maximum atomic E-state index is 14.1. The zero-order valence-electron chi connectivity index (χ0n) is 15.7. The molecule has 0 spiro atoms. The zero-order valence-corrected chi connectivity index (χ0v) is 15.7. The van der Waals surface area contributed by atoms with Gasteiger partial charge in [0.2, 0.25) is 0 Å². The summed E-state index contributed by atoms with van der Waals surface area (Å²) >= 11 is 0. The molecule has 0 bridgehead atoms. The maximum absolute atomic E-state index is 14.1. The summed E-state index contributed by atoms with van der Waals surface area (Å²) in [5.74, 6) is 1.01. The van der Waals surface area contributed by atoms with Crippen LogP contribution in [0.1, 0.15) is 18.5 Å². The van der Waals surface area contributed by atoms with Gasteiger partial charge in [-0.3, -0.25) is 9.67 Å². The summed E-state index contributed by atoms with van der Waals surface area (Å²) in [6, 6.07) is 8.41. The standard InChI is InChI=1S/C20H19FN6O/c1-12(14-4-5-17(28-3)16(21)10-14)24-19-15-11-23-27(2)20(15)26-18(25-19)13-6-8-22-9-7-13/h4-12H,1-3H3,(H,24,25,26)/t12-/m1/s1. The Balaban J connectivity index is 1.74. The molecule has 0 aliphatic carbocycles. The number of fused-ring (bicyclic) bond motifs is 1. The smallest absolute Gasteiger partial charge is 0.165 e. The highest BCUT2D eigenvalue weighted by Gasteiger charge is 2.16. The first-order valence-electron chi connectivity index (χ1n) is 8.77. The molecule has 28 heavy (non-hydrogen) atoms. The molecule has 0 saturated carbocycles. The van der Waals surface area contributed by atoms with E-state index in [0.29, 0.717) is 17.3 Å². The van der Waals surface area contributed by atoms with E-state index in [1.54, 1.807) is 29.3 Å². The van der Waals surface area contributed by atoms with Crippen LogP contribution >= 0.6 is 0 Å². The van der Waals surface area contributed by atoms with Crippen LogP contribution in [0.2, 0.25) is 0 Å². The van der Waals surface area contributed by atoms with Crippen LogP contribution in [0.5, 0.6) is 5.75 Å². The second-order valence-electron chi connectivity index (χ2n) is 6.40. The van der Waals surface area contributed by atoms with Crippen LogP contribution in [0.4, 0.5) is 10.2 Å². The van der Waals surface area contributed by atoms with Crippen molar-refractivity contribution in [3.63, 3.8) is 0 Å². The van der Waals surface area contributed by atoms with E-state index >= 15 is 0 Å². The molecule has 7 nitrogen and oxygen atoms in total. The molecule has 3 heterocycles. The van der Waals surface area contributed by atoms with Gasteiger partial charge in [-0.15, -0.1) is 0 Å². The molecule has 142 valence electrons. The molecule has 1 aromatic carbocycles. The van der Waals surface area contributed by atoms with Crippen molar-refractivity contribution in [2.24, 2.45) is 7.05 Å². The van der Waals surface area contributed by atoms with Crippen LogP contribution < -0.4 is 10.1 Å². The van der Waals surface area contributed by atoms with Gasteiger partial charge in [0, 0.05) is 25.0 Å². The summed E-state index contributed by atoms with van der Waals surface area (Å²) in [5.41, 5.74) is 2.33. The number of aromatic nitrogens is 5. The number of ether oxygens (including phenoxy) is 1. The fraction of sp³-hybridized carbons (Fsp3) is 0.200. The number of rotatable bonds is 5. The molecule has 0 aliphatic heterocycles. The molecule has 1 atom stereocenters. The zero-order chi connectivity index (χ0) is 19.7. The molecule has 0 aliphatic rings. The Labute approximate surface area is 161 Å². The molecule has 0 saturated heterocycles. The van der Waals surface area contributed by atoms with E-state index < -0.39 is 5.82 Å². The first kappa shape index (κ1) is 17.8. The first-order chi connectivity index (χ1) is 13.6. The van der Waals surface area contributed by atoms with Gasteiger partial charge in [-0.25, -0.2) is 14.4 Å². The maximum Gasteiger partial charge on any atom is 0.165 e. The Morgan fingerprint density at radius 1 is 1.14 bits per heavy atom. The van der Waals surface area contributed by atoms with Crippen molar-refractivity contribution in [2.75, 3.05) is 12.4 Å². The number of nitrogens with zero attached hydrogens (tertiary/aromatic N) is 5. The molecule has 0 fully saturated rings. The number of halogens is 1. The van der Waals surface area contributed by atoms with Crippen molar-refractivity contribution in [3.8, 4) is 17.1 Å². The van der Waals surface area contributed by atoms with Crippen LogP contribution in [0, 0.1) is 5.82 Å². The summed E-state index contributed by atoms with van der Waals surface area (Å²) in [5, 5.41) is 8.45. The van der Waals surface area contributed by atoms with Gasteiger partial charge in [-0.2, -0.15) is 5.10 Å². The van der Waals surface area contributed by atoms with Crippen LogP contribution in [-0.4, -0.2) is 31.8 Å². The number of nitrogens with one attached hydrogen (secondary N) is 1. The highest BCUT2D eigenvalue weighted by atomic mass is 19.1. The number of benzene rings is 1. The van der Waals surface area contributed by atoms with Crippen molar-refractivity contribution in [2.45, 2.75) is 13.0 Å². The van der Waals surface area contributed by atoms with E-state index in [0.717, 1.165) is 16.5 Å². The molecule has 4 rings (SSSR count). The average Bonchev–Trinajstić information content (AvgIpc) is 3.09. The van der Waals surface area contributed by atoms with E-state index in [1.165, 1.54) is 13.2 Å². The average molecular weight is 378 g/mol. The number of aryl methyl sites for hydroxylation is 1. The molecule has 3 aromatic heterocycles. The molecule has 8 heteroatoms. The predicted molar refractivity (Wildman–Crippen MR) is 105 cm³/mol. The third-order valence-electron chi connectivity index (χ3n) is 4.56. The Hall–Kier alpha value is -3.55. The van der Waals surface area contributed by atoms with Crippen molar-refractivity contribution in [1.82, 2.24) is 24.7 Å². The molecule has 4 aromatic rings. The minimum atomic E-state index is -0.402. The van der Waals surface area contributed by atoms with Gasteiger partial charge in [0.15, 0.2) is 23.0 Å². The first-order valence-corrected chi connectivity index (χ1v) is 8.77. The molecule has 0 unspecified atom stereocenters. The fourth-order valence-corrected chi connectivity index (χ4v) is 3.00. The van der Waals surface area contributed by atoms with E-state index in [4.69, 9.17) is 4.74 Å². The number of hydrogen-bond acceptors (Lipinski definition) is 6. The Bertz CT molecular complexity index is 1130. The number of pyridine rings is 1. The predicted octanol–water partition coefficient (Wildman–Crippen LogP) is 3.75. The van der Waals surface area contributed by atoms with Gasteiger partial charge in [-0.05, 0) is 36.8 Å². The minimum absolute atomic E-state index is 0.191. The number of hydrogen-bond donors (Lipinski definition) is 1. The molecule has 1 N–H and O–H groups in total. The lowest BCUT2D eigenvalue weighted by Gasteiger charge is -2.17. The summed E-state index contributed by atoms with van der Waals surface area (Å²) in [4.78, 5) is 13.4. The third-order valence-corrected chi connectivity index (χ3v) is 4.56. The van der Waals surface area contributed by atoms with Crippen molar-refractivity contribution >= 4 is 16.9 Å². The van der Waals surface area contributed by atoms with Crippen molar-refractivity contribution < 1.29 is 9.13 Å². The van der Waals surface area contributed by atoms with Gasteiger partial charge in [0.25, 0.3) is 0 Å². The Morgan fingerprint density at radius 2 is 1.93 bits per heavy atom. The summed E-state index contributed by atoms with van der Waals surface area (Å²) < 4.78 is 20.8. The van der Waals surface area contributed by atoms with Gasteiger partial charge in [0.05, 0.1) is 24.7 Å². The topological polar surface area (TPSA) is 77.8 Å². The summed E-state index contributed by atoms with van der Waals surface area (Å²) in [7, 11) is 3.28. The minimum Gasteiger partial charge on any atom is -0.494 e. The molecular weight excluding hydrogens is 359 g/mol. The van der Waals surface area contributed by atoms with Gasteiger partial charge >= 0.3 is 0 Å². The monoisotopic (exact) mass is 378 g/mol. The summed E-state index contributed by atoms with van der Waals surface area (Å²) in [6.45, 7) is 1.94. The van der Waals surface area contributed by atoms with Crippen molar-refractivity contribution in [1.29, 1.82) is 0 Å². The second kappa shape index (κ2) is 7.22. The van der Waals surface area contributed by atoms with Gasteiger partial charge < -0.3 is 10.1 Å². The SMILES string of the molecule is COc1ccc([C@@H](C)Nc2nc(-c3ccncc3)nc3c2cnn3C)cc1F. The number of methoxy groups -OCH3 is 1. The lowest BCUT2D eigenvalue weighted by Crippen LogP contribution is -2.10.